The number of aromatic amines is 1. The largest absolute Gasteiger partial charge is 0.366 e. The summed E-state index contributed by atoms with van der Waals surface area (Å²) in [6.45, 7) is 0.147. The van der Waals surface area contributed by atoms with Gasteiger partial charge in [-0.1, -0.05) is 30.3 Å². The molecule has 0 aliphatic carbocycles. The standard InChI is InChI=1S/C20H18N4O3/c21-18(25)13-7-5-12(6-8-13)11-24-19(26)17(23-20(24)27)9-14-10-22-16-4-2-1-3-15(14)16/h1-8,10,17,22H,9,11H2,(H2,21,25)(H,23,27). The Morgan fingerprint density at radius 2 is 1.81 bits per heavy atom. The molecule has 2 aromatic carbocycles. The van der Waals surface area contributed by atoms with Gasteiger partial charge in [0.25, 0.3) is 5.91 Å². The Morgan fingerprint density at radius 1 is 1.07 bits per heavy atom. The summed E-state index contributed by atoms with van der Waals surface area (Å²) in [7, 11) is 0. The topological polar surface area (TPSA) is 108 Å². The van der Waals surface area contributed by atoms with Crippen molar-refractivity contribution in [3.05, 3.63) is 71.4 Å². The molecule has 1 fully saturated rings. The number of hydrogen-bond donors (Lipinski definition) is 3. The predicted molar refractivity (Wildman–Crippen MR) is 99.8 cm³/mol. The van der Waals surface area contributed by atoms with Gasteiger partial charge in [-0.15, -0.1) is 0 Å². The molecule has 0 saturated carbocycles. The van der Waals surface area contributed by atoms with Crippen molar-refractivity contribution >= 4 is 28.7 Å². The summed E-state index contributed by atoms with van der Waals surface area (Å²) in [5, 5.41) is 3.80. The van der Waals surface area contributed by atoms with Gasteiger partial charge in [-0.3, -0.25) is 14.5 Å². The first kappa shape index (κ1) is 16.8. The van der Waals surface area contributed by atoms with E-state index in [2.05, 4.69) is 10.3 Å². The molecule has 7 heteroatoms. The number of nitrogens with one attached hydrogen (secondary N) is 2. The molecule has 27 heavy (non-hydrogen) atoms. The Morgan fingerprint density at radius 3 is 2.56 bits per heavy atom. The van der Waals surface area contributed by atoms with Crippen molar-refractivity contribution < 1.29 is 14.4 Å². The number of para-hydroxylation sites is 1. The van der Waals surface area contributed by atoms with E-state index in [1.807, 2.05) is 30.5 Å². The summed E-state index contributed by atoms with van der Waals surface area (Å²) < 4.78 is 0. The van der Waals surface area contributed by atoms with Crippen LogP contribution in [0.4, 0.5) is 4.79 Å². The molecule has 4 amide bonds. The molecule has 2 heterocycles. The maximum atomic E-state index is 12.7. The van der Waals surface area contributed by atoms with E-state index in [4.69, 9.17) is 5.73 Å². The van der Waals surface area contributed by atoms with Crippen LogP contribution in [-0.4, -0.2) is 33.8 Å². The monoisotopic (exact) mass is 362 g/mol. The average molecular weight is 362 g/mol. The summed E-state index contributed by atoms with van der Waals surface area (Å²) in [6, 6.07) is 13.4. The lowest BCUT2D eigenvalue weighted by Gasteiger charge is -2.13. The fourth-order valence-corrected chi connectivity index (χ4v) is 3.34. The fraction of sp³-hybridized carbons (Fsp3) is 0.150. The van der Waals surface area contributed by atoms with Gasteiger partial charge in [-0.05, 0) is 29.3 Å². The fourth-order valence-electron chi connectivity index (χ4n) is 3.34. The van der Waals surface area contributed by atoms with E-state index in [1.54, 1.807) is 24.3 Å². The minimum absolute atomic E-state index is 0.147. The highest BCUT2D eigenvalue weighted by atomic mass is 16.2. The Bertz CT molecular complexity index is 1040. The van der Waals surface area contributed by atoms with E-state index >= 15 is 0 Å². The zero-order valence-corrected chi connectivity index (χ0v) is 14.4. The first-order valence-corrected chi connectivity index (χ1v) is 8.58. The molecule has 0 bridgehead atoms. The van der Waals surface area contributed by atoms with Gasteiger partial charge in [0, 0.05) is 29.1 Å². The number of nitrogens with two attached hydrogens (primary N) is 1. The number of primary amides is 1. The van der Waals surface area contributed by atoms with E-state index in [-0.39, 0.29) is 12.5 Å². The third-order valence-electron chi connectivity index (χ3n) is 4.79. The van der Waals surface area contributed by atoms with Crippen LogP contribution in [0.2, 0.25) is 0 Å². The first-order chi connectivity index (χ1) is 13.0. The number of H-pyrrole nitrogens is 1. The second-order valence-corrected chi connectivity index (χ2v) is 6.55. The van der Waals surface area contributed by atoms with Crippen LogP contribution in [-0.2, 0) is 17.8 Å². The van der Waals surface area contributed by atoms with Gasteiger partial charge in [-0.25, -0.2) is 4.79 Å². The number of benzene rings is 2. The molecule has 1 atom stereocenters. The van der Waals surface area contributed by atoms with Crippen molar-refractivity contribution in [2.75, 3.05) is 0 Å². The van der Waals surface area contributed by atoms with Crippen LogP contribution in [0, 0.1) is 0 Å². The number of carbonyl (C=O) groups excluding carboxylic acids is 3. The second kappa shape index (κ2) is 6.60. The number of fused-ring (bicyclic) bond motifs is 1. The van der Waals surface area contributed by atoms with Gasteiger partial charge in [0.05, 0.1) is 6.54 Å². The smallest absolute Gasteiger partial charge is 0.325 e. The molecule has 0 spiro atoms. The number of amides is 4. The zero-order chi connectivity index (χ0) is 19.0. The predicted octanol–water partition coefficient (Wildman–Crippen LogP) is 1.93. The maximum absolute atomic E-state index is 12.7. The molecule has 4 N–H and O–H groups in total. The summed E-state index contributed by atoms with van der Waals surface area (Å²) in [5.41, 5.74) is 8.33. The van der Waals surface area contributed by atoms with E-state index in [0.717, 1.165) is 22.0 Å². The second-order valence-electron chi connectivity index (χ2n) is 6.55. The van der Waals surface area contributed by atoms with Crippen LogP contribution in [0.3, 0.4) is 0 Å². The Kier molecular flexibility index (Phi) is 4.12. The van der Waals surface area contributed by atoms with Gasteiger partial charge >= 0.3 is 6.03 Å². The highest BCUT2D eigenvalue weighted by Crippen LogP contribution is 2.22. The lowest BCUT2D eigenvalue weighted by Crippen LogP contribution is -2.32. The molecule has 1 unspecified atom stereocenters. The van der Waals surface area contributed by atoms with Crippen LogP contribution < -0.4 is 11.1 Å². The third kappa shape index (κ3) is 3.15. The number of carbonyl (C=O) groups is 3. The summed E-state index contributed by atoms with van der Waals surface area (Å²) in [5.74, 6) is -0.778. The summed E-state index contributed by atoms with van der Waals surface area (Å²) in [4.78, 5) is 40.5. The first-order valence-electron chi connectivity index (χ1n) is 8.58. The molecule has 1 aliphatic heterocycles. The number of aromatic nitrogens is 1. The molecule has 1 aromatic heterocycles. The third-order valence-corrected chi connectivity index (χ3v) is 4.79. The van der Waals surface area contributed by atoms with Gasteiger partial charge < -0.3 is 16.0 Å². The van der Waals surface area contributed by atoms with E-state index < -0.39 is 18.0 Å². The minimum atomic E-state index is -0.596. The van der Waals surface area contributed by atoms with Crippen molar-refractivity contribution in [2.45, 2.75) is 19.0 Å². The van der Waals surface area contributed by atoms with Crippen molar-refractivity contribution in [1.29, 1.82) is 0 Å². The normalized spacial score (nSPS) is 16.7. The molecule has 3 aromatic rings. The van der Waals surface area contributed by atoms with Crippen LogP contribution in [0.15, 0.2) is 54.7 Å². The Labute approximate surface area is 155 Å². The molecule has 4 rings (SSSR count). The van der Waals surface area contributed by atoms with Crippen molar-refractivity contribution in [3.63, 3.8) is 0 Å². The lowest BCUT2D eigenvalue weighted by molar-refractivity contribution is -0.127. The summed E-state index contributed by atoms with van der Waals surface area (Å²) in [6.07, 6.45) is 2.29. The molecule has 1 aliphatic rings. The molecular weight excluding hydrogens is 344 g/mol. The maximum Gasteiger partial charge on any atom is 0.325 e. The Hall–Kier alpha value is -3.61. The van der Waals surface area contributed by atoms with Crippen LogP contribution >= 0.6 is 0 Å². The molecule has 136 valence electrons. The van der Waals surface area contributed by atoms with E-state index in [0.29, 0.717) is 12.0 Å². The highest BCUT2D eigenvalue weighted by Gasteiger charge is 2.38. The van der Waals surface area contributed by atoms with Crippen LogP contribution in [0.1, 0.15) is 21.5 Å². The van der Waals surface area contributed by atoms with Gasteiger partial charge in [0.1, 0.15) is 6.04 Å². The van der Waals surface area contributed by atoms with E-state index in [9.17, 15) is 14.4 Å². The minimum Gasteiger partial charge on any atom is -0.366 e. The Balaban J connectivity index is 1.49. The number of imide groups is 1. The molecule has 7 nitrogen and oxygen atoms in total. The van der Waals surface area contributed by atoms with Gasteiger partial charge in [-0.2, -0.15) is 0 Å². The molecule has 1 saturated heterocycles. The average Bonchev–Trinajstić information content (AvgIpc) is 3.19. The van der Waals surface area contributed by atoms with Crippen LogP contribution in [0.5, 0.6) is 0 Å². The van der Waals surface area contributed by atoms with E-state index in [1.165, 1.54) is 4.90 Å². The number of rotatable bonds is 5. The zero-order valence-electron chi connectivity index (χ0n) is 14.4. The van der Waals surface area contributed by atoms with Gasteiger partial charge in [0.2, 0.25) is 5.91 Å². The van der Waals surface area contributed by atoms with Crippen LogP contribution in [0.25, 0.3) is 10.9 Å². The summed E-state index contributed by atoms with van der Waals surface area (Å²) >= 11 is 0. The number of nitrogens with zero attached hydrogens (tertiary/aromatic N) is 1. The highest BCUT2D eigenvalue weighted by molar-refractivity contribution is 6.04. The molecular formula is C20H18N4O3. The van der Waals surface area contributed by atoms with Crippen molar-refractivity contribution in [2.24, 2.45) is 5.73 Å². The number of urea groups is 1. The van der Waals surface area contributed by atoms with Crippen molar-refractivity contribution in [3.8, 4) is 0 Å². The SMILES string of the molecule is NC(=O)c1ccc(CN2C(=O)NC(Cc3c[nH]c4ccccc34)C2=O)cc1. The molecule has 0 radical (unpaired) electrons. The lowest BCUT2D eigenvalue weighted by atomic mass is 10.0. The van der Waals surface area contributed by atoms with Crippen molar-refractivity contribution in [1.82, 2.24) is 15.2 Å². The number of hydrogen-bond acceptors (Lipinski definition) is 3. The quantitative estimate of drug-likeness (QED) is 0.604. The van der Waals surface area contributed by atoms with Gasteiger partial charge in [0.15, 0.2) is 0 Å².